The van der Waals surface area contributed by atoms with Gasteiger partial charge in [0.1, 0.15) is 17.0 Å². The van der Waals surface area contributed by atoms with Crippen LogP contribution in [0.5, 0.6) is 5.75 Å². The lowest BCUT2D eigenvalue weighted by Gasteiger charge is -2.45. The van der Waals surface area contributed by atoms with Crippen molar-refractivity contribution in [3.8, 4) is 5.75 Å². The Hall–Kier alpha value is -2.54. The van der Waals surface area contributed by atoms with Gasteiger partial charge in [0.2, 0.25) is 5.91 Å². The molecule has 1 atom stereocenters. The first-order valence-corrected chi connectivity index (χ1v) is 13.5. The highest BCUT2D eigenvalue weighted by Gasteiger charge is 2.48. The second kappa shape index (κ2) is 10.2. The lowest BCUT2D eigenvalue weighted by molar-refractivity contribution is -0.133. The van der Waals surface area contributed by atoms with Crippen molar-refractivity contribution >= 4 is 22.7 Å². The number of benzene rings is 1. The molecule has 35 heavy (non-hydrogen) atoms. The molecule has 0 radical (unpaired) electrons. The summed E-state index contributed by atoms with van der Waals surface area (Å²) in [6.45, 7) is 6.26. The molecule has 0 bridgehead atoms. The third-order valence-corrected chi connectivity index (χ3v) is 8.37. The van der Waals surface area contributed by atoms with E-state index >= 15 is 0 Å². The van der Waals surface area contributed by atoms with E-state index in [2.05, 4.69) is 10.2 Å². The van der Waals surface area contributed by atoms with Crippen LogP contribution in [0.1, 0.15) is 75.2 Å². The van der Waals surface area contributed by atoms with Gasteiger partial charge in [-0.2, -0.15) is 0 Å². The standard InChI is InChI=1S/C28H40N4O3/c1-28(27(34)29-22-10-5-3-6-11-22)20-31-24-19-23(35-2)13-12-21(24)18-25(31)26(33)32(28)17-9-16-30-14-7-4-8-15-30/h12-13,18-19,22H,3-11,14-17,20H2,1-2H3,(H,29,34)/t28-/m1/s1. The molecular formula is C28H40N4O3. The molecule has 0 unspecified atom stereocenters. The Kier molecular flexibility index (Phi) is 7.05. The van der Waals surface area contributed by atoms with Crippen molar-refractivity contribution < 1.29 is 14.3 Å². The molecule has 1 N–H and O–H groups in total. The van der Waals surface area contributed by atoms with Gasteiger partial charge in [0.05, 0.1) is 19.2 Å². The molecule has 3 aliphatic rings. The largest absolute Gasteiger partial charge is 0.497 e. The van der Waals surface area contributed by atoms with Crippen LogP contribution in [0.25, 0.3) is 10.9 Å². The predicted molar refractivity (Wildman–Crippen MR) is 138 cm³/mol. The fraction of sp³-hybridized carbons (Fsp3) is 0.643. The van der Waals surface area contributed by atoms with E-state index in [1.54, 1.807) is 7.11 Å². The van der Waals surface area contributed by atoms with E-state index in [1.807, 2.05) is 40.7 Å². The minimum atomic E-state index is -0.932. The zero-order valence-electron chi connectivity index (χ0n) is 21.4. The molecule has 7 heteroatoms. The van der Waals surface area contributed by atoms with E-state index in [1.165, 1.54) is 25.7 Å². The summed E-state index contributed by atoms with van der Waals surface area (Å²) in [6, 6.07) is 8.06. The third kappa shape index (κ3) is 4.80. The van der Waals surface area contributed by atoms with Crippen LogP contribution in [-0.2, 0) is 11.3 Å². The van der Waals surface area contributed by atoms with E-state index in [4.69, 9.17) is 4.74 Å². The predicted octanol–water partition coefficient (Wildman–Crippen LogP) is 4.19. The number of hydrogen-bond donors (Lipinski definition) is 1. The van der Waals surface area contributed by atoms with Crippen LogP contribution in [0.3, 0.4) is 0 Å². The number of rotatable bonds is 7. The Morgan fingerprint density at radius 3 is 2.54 bits per heavy atom. The Balaban J connectivity index is 1.43. The highest BCUT2D eigenvalue weighted by Crippen LogP contribution is 2.34. The number of nitrogens with one attached hydrogen (secondary N) is 1. The van der Waals surface area contributed by atoms with E-state index < -0.39 is 5.54 Å². The molecule has 1 saturated carbocycles. The molecule has 3 heterocycles. The lowest BCUT2D eigenvalue weighted by atomic mass is 9.91. The first-order chi connectivity index (χ1) is 17.0. The van der Waals surface area contributed by atoms with Gasteiger partial charge >= 0.3 is 0 Å². The van der Waals surface area contributed by atoms with Gasteiger partial charge in [-0.25, -0.2) is 0 Å². The molecule has 1 saturated heterocycles. The average molecular weight is 481 g/mol. The van der Waals surface area contributed by atoms with Crippen LogP contribution in [0.2, 0.25) is 0 Å². The fourth-order valence-corrected chi connectivity index (χ4v) is 6.23. The highest BCUT2D eigenvalue weighted by molar-refractivity contribution is 6.03. The second-order valence-electron chi connectivity index (χ2n) is 10.8. The van der Waals surface area contributed by atoms with E-state index in [0.717, 1.165) is 68.4 Å². The van der Waals surface area contributed by atoms with Crippen molar-refractivity contribution in [2.75, 3.05) is 33.3 Å². The number of carbonyl (C=O) groups excluding carboxylic acids is 2. The zero-order valence-corrected chi connectivity index (χ0v) is 21.4. The monoisotopic (exact) mass is 480 g/mol. The first kappa shape index (κ1) is 24.2. The average Bonchev–Trinajstić information content (AvgIpc) is 3.24. The van der Waals surface area contributed by atoms with Crippen molar-refractivity contribution in [1.82, 2.24) is 19.7 Å². The Labute approximate surface area is 208 Å². The molecular weight excluding hydrogens is 440 g/mol. The van der Waals surface area contributed by atoms with Crippen LogP contribution >= 0.6 is 0 Å². The van der Waals surface area contributed by atoms with E-state index in [-0.39, 0.29) is 17.9 Å². The number of piperidine rings is 1. The number of methoxy groups -OCH3 is 1. The summed E-state index contributed by atoms with van der Waals surface area (Å²) in [5, 5.41) is 4.33. The summed E-state index contributed by atoms with van der Waals surface area (Å²) in [5.41, 5.74) is 0.671. The number of ether oxygens (including phenoxy) is 1. The number of likely N-dealkylation sites (tertiary alicyclic amines) is 1. The van der Waals surface area contributed by atoms with Crippen LogP contribution in [0, 0.1) is 0 Å². The molecule has 7 nitrogen and oxygen atoms in total. The summed E-state index contributed by atoms with van der Waals surface area (Å²) in [5.74, 6) is 0.681. The maximum Gasteiger partial charge on any atom is 0.271 e. The van der Waals surface area contributed by atoms with Gasteiger partial charge in [0.15, 0.2) is 0 Å². The van der Waals surface area contributed by atoms with Crippen LogP contribution < -0.4 is 10.1 Å². The maximum absolute atomic E-state index is 13.9. The van der Waals surface area contributed by atoms with Gasteiger partial charge < -0.3 is 24.4 Å². The highest BCUT2D eigenvalue weighted by atomic mass is 16.5. The number of nitrogens with zero attached hydrogens (tertiary/aromatic N) is 3. The zero-order chi connectivity index (χ0) is 24.4. The molecule has 5 rings (SSSR count). The first-order valence-electron chi connectivity index (χ1n) is 13.5. The molecule has 2 aromatic rings. The summed E-state index contributed by atoms with van der Waals surface area (Å²) in [7, 11) is 1.65. The van der Waals surface area contributed by atoms with Crippen LogP contribution in [-0.4, -0.2) is 71.1 Å². The van der Waals surface area contributed by atoms with E-state index in [0.29, 0.717) is 18.8 Å². The molecule has 1 aromatic heterocycles. The van der Waals surface area contributed by atoms with Crippen molar-refractivity contribution in [2.45, 2.75) is 82.8 Å². The van der Waals surface area contributed by atoms with Gasteiger partial charge in [-0.3, -0.25) is 9.59 Å². The SMILES string of the molecule is COc1ccc2cc3n(c2c1)C[C@](C)(C(=O)NC1CCCCC1)N(CCCN1CCCCC1)C3=O. The number of fused-ring (bicyclic) bond motifs is 3. The van der Waals surface area contributed by atoms with Crippen molar-refractivity contribution in [1.29, 1.82) is 0 Å². The van der Waals surface area contributed by atoms with Crippen molar-refractivity contribution in [3.63, 3.8) is 0 Å². The van der Waals surface area contributed by atoms with Crippen molar-refractivity contribution in [2.24, 2.45) is 0 Å². The number of amides is 2. The van der Waals surface area contributed by atoms with Gasteiger partial charge in [0, 0.05) is 24.0 Å². The van der Waals surface area contributed by atoms with Gasteiger partial charge in [-0.05, 0) is 76.9 Å². The molecule has 2 fully saturated rings. The van der Waals surface area contributed by atoms with E-state index in [9.17, 15) is 9.59 Å². The van der Waals surface area contributed by atoms with Crippen LogP contribution in [0.4, 0.5) is 0 Å². The topological polar surface area (TPSA) is 66.8 Å². The lowest BCUT2D eigenvalue weighted by Crippen LogP contribution is -2.65. The fourth-order valence-electron chi connectivity index (χ4n) is 6.23. The molecule has 0 spiro atoms. The minimum absolute atomic E-state index is 0.0221. The summed E-state index contributed by atoms with van der Waals surface area (Å²) >= 11 is 0. The molecule has 2 amide bonds. The number of hydrogen-bond acceptors (Lipinski definition) is 4. The number of carbonyl (C=O) groups is 2. The van der Waals surface area contributed by atoms with Gasteiger partial charge in [-0.15, -0.1) is 0 Å². The Morgan fingerprint density at radius 1 is 1.06 bits per heavy atom. The summed E-state index contributed by atoms with van der Waals surface area (Å²) in [4.78, 5) is 32.1. The molecule has 190 valence electrons. The third-order valence-electron chi connectivity index (χ3n) is 8.37. The van der Waals surface area contributed by atoms with Gasteiger partial charge in [0.25, 0.3) is 5.91 Å². The molecule has 1 aromatic carbocycles. The molecule has 2 aliphatic heterocycles. The maximum atomic E-state index is 13.9. The second-order valence-corrected chi connectivity index (χ2v) is 10.8. The quantitative estimate of drug-likeness (QED) is 0.645. The normalized spacial score (nSPS) is 23.9. The minimum Gasteiger partial charge on any atom is -0.497 e. The van der Waals surface area contributed by atoms with Gasteiger partial charge in [-0.1, -0.05) is 25.7 Å². The molecule has 1 aliphatic carbocycles. The van der Waals surface area contributed by atoms with Crippen LogP contribution in [0.15, 0.2) is 24.3 Å². The number of aromatic nitrogens is 1. The summed E-state index contributed by atoms with van der Waals surface area (Å²) in [6.07, 6.45) is 10.3. The smallest absolute Gasteiger partial charge is 0.271 e. The summed E-state index contributed by atoms with van der Waals surface area (Å²) < 4.78 is 7.48. The Morgan fingerprint density at radius 2 is 1.80 bits per heavy atom. The van der Waals surface area contributed by atoms with Crippen molar-refractivity contribution in [3.05, 3.63) is 30.0 Å². The Bertz CT molecular complexity index is 1070.